The van der Waals surface area contributed by atoms with Crippen LogP contribution in [0, 0.1) is 5.92 Å². The number of halogens is 3. The predicted octanol–water partition coefficient (Wildman–Crippen LogP) is 5.07. The summed E-state index contributed by atoms with van der Waals surface area (Å²) >= 11 is 16.9. The number of nitrogens with one attached hydrogen (secondary N) is 1. The second-order valence-corrected chi connectivity index (χ2v) is 12.3. The Morgan fingerprint density at radius 2 is 1.74 bits per heavy atom. The van der Waals surface area contributed by atoms with Crippen LogP contribution in [0.15, 0.2) is 48.5 Å². The third kappa shape index (κ3) is 7.40. The highest BCUT2D eigenvalue weighted by Crippen LogP contribution is 2.42. The number of hydrogen-bond donors (Lipinski definition) is 2. The van der Waals surface area contributed by atoms with Crippen LogP contribution in [0.3, 0.4) is 0 Å². The Hall–Kier alpha value is -1.42. The SMILES string of the molecule is COC[C@@H]1CCCN1C[C@H]1O[C@@H](c2ccc(CNC(=O)C(Cl)(Cl)Cl)cc2)O[C@@H](c2ccc(CO)cc2)[C@H]1C. The smallest absolute Gasteiger partial charge is 0.272 e. The van der Waals surface area contributed by atoms with E-state index in [1.807, 2.05) is 48.5 Å². The molecule has 0 spiro atoms. The molecule has 5 atom stereocenters. The maximum Gasteiger partial charge on any atom is 0.272 e. The van der Waals surface area contributed by atoms with Crippen molar-refractivity contribution in [3.05, 3.63) is 70.8 Å². The molecule has 10 heteroatoms. The Morgan fingerprint density at radius 1 is 1.08 bits per heavy atom. The van der Waals surface area contributed by atoms with E-state index < -0.39 is 16.0 Å². The lowest BCUT2D eigenvalue weighted by Gasteiger charge is -2.43. The number of hydrogen-bond acceptors (Lipinski definition) is 6. The number of nitrogens with zero attached hydrogens (tertiary/aromatic N) is 1. The summed E-state index contributed by atoms with van der Waals surface area (Å²) in [5.74, 6) is -0.572. The van der Waals surface area contributed by atoms with Gasteiger partial charge < -0.3 is 24.6 Å². The van der Waals surface area contributed by atoms with Gasteiger partial charge in [-0.25, -0.2) is 0 Å². The first-order chi connectivity index (χ1) is 18.2. The third-order valence-electron chi connectivity index (χ3n) is 7.36. The molecule has 2 N–H and O–H groups in total. The van der Waals surface area contributed by atoms with E-state index in [1.165, 1.54) is 0 Å². The number of carbonyl (C=O) groups excluding carboxylic acids is 1. The van der Waals surface area contributed by atoms with Gasteiger partial charge in [-0.3, -0.25) is 9.69 Å². The summed E-state index contributed by atoms with van der Waals surface area (Å²) in [6.45, 7) is 4.93. The molecule has 1 amide bonds. The minimum absolute atomic E-state index is 0.0000317. The van der Waals surface area contributed by atoms with Crippen LogP contribution in [0.2, 0.25) is 0 Å². The largest absolute Gasteiger partial charge is 0.392 e. The molecular formula is C28H35Cl3N2O5. The van der Waals surface area contributed by atoms with Crippen molar-refractivity contribution in [2.24, 2.45) is 5.92 Å². The molecule has 0 aromatic heterocycles. The summed E-state index contributed by atoms with van der Waals surface area (Å²) in [4.78, 5) is 14.3. The van der Waals surface area contributed by atoms with Crippen molar-refractivity contribution in [2.45, 2.75) is 61.2 Å². The third-order valence-corrected chi connectivity index (χ3v) is 7.87. The van der Waals surface area contributed by atoms with Crippen molar-refractivity contribution in [3.63, 3.8) is 0 Å². The lowest BCUT2D eigenvalue weighted by atomic mass is 9.90. The Balaban J connectivity index is 1.52. The summed E-state index contributed by atoms with van der Waals surface area (Å²) in [5.41, 5.74) is 3.64. The van der Waals surface area contributed by atoms with Crippen molar-refractivity contribution in [3.8, 4) is 0 Å². The zero-order valence-electron chi connectivity index (χ0n) is 21.6. The van der Waals surface area contributed by atoms with E-state index in [4.69, 9.17) is 49.0 Å². The molecule has 38 heavy (non-hydrogen) atoms. The van der Waals surface area contributed by atoms with Crippen LogP contribution in [-0.2, 0) is 32.2 Å². The van der Waals surface area contributed by atoms with E-state index in [2.05, 4.69) is 17.1 Å². The summed E-state index contributed by atoms with van der Waals surface area (Å²) < 4.78 is 16.6. The van der Waals surface area contributed by atoms with Gasteiger partial charge in [0.1, 0.15) is 0 Å². The normalized spacial score (nSPS) is 26.4. The fourth-order valence-electron chi connectivity index (χ4n) is 5.15. The molecule has 4 rings (SSSR count). The molecule has 208 valence electrons. The second-order valence-electron chi connectivity index (χ2n) is 9.99. The van der Waals surface area contributed by atoms with Crippen LogP contribution in [0.1, 0.15) is 54.4 Å². The standard InChI is InChI=1S/C28H35Cl3N2O5/c1-18-24(15-33-13-3-4-23(33)17-36-2)37-26(38-25(18)21-9-7-20(16-34)8-10-21)22-11-5-19(6-12-22)14-32-27(35)28(29,30)31/h5-12,18,23-26,34H,3-4,13-17H2,1-2H3,(H,32,35)/t18-,23-,24+,25+,26+/m0/s1. The van der Waals surface area contributed by atoms with Gasteiger partial charge in [0.15, 0.2) is 6.29 Å². The minimum atomic E-state index is -2.00. The van der Waals surface area contributed by atoms with Crippen molar-refractivity contribution in [1.82, 2.24) is 10.2 Å². The molecular weight excluding hydrogens is 551 g/mol. The maximum atomic E-state index is 11.9. The number of likely N-dealkylation sites (tertiary alicyclic amines) is 1. The number of ether oxygens (including phenoxy) is 3. The molecule has 2 heterocycles. The first-order valence-corrected chi connectivity index (χ1v) is 14.0. The molecule has 2 aromatic rings. The van der Waals surface area contributed by atoms with Gasteiger partial charge in [0.25, 0.3) is 9.70 Å². The fraction of sp³-hybridized carbons (Fsp3) is 0.536. The zero-order valence-corrected chi connectivity index (χ0v) is 23.9. The summed E-state index contributed by atoms with van der Waals surface area (Å²) in [5, 5.41) is 12.1. The number of aliphatic hydroxyl groups excluding tert-OH is 1. The number of rotatable bonds is 9. The van der Waals surface area contributed by atoms with Crippen molar-refractivity contribution in [1.29, 1.82) is 0 Å². The lowest BCUT2D eigenvalue weighted by molar-refractivity contribution is -0.276. The van der Waals surface area contributed by atoms with Gasteiger partial charge in [0.05, 0.1) is 25.4 Å². The zero-order chi connectivity index (χ0) is 27.3. The highest BCUT2D eigenvalue weighted by atomic mass is 35.6. The highest BCUT2D eigenvalue weighted by molar-refractivity contribution is 6.76. The topological polar surface area (TPSA) is 80.3 Å². The van der Waals surface area contributed by atoms with Crippen molar-refractivity contribution < 1.29 is 24.1 Å². The molecule has 0 saturated carbocycles. The first kappa shape index (κ1) is 29.6. The van der Waals surface area contributed by atoms with Crippen LogP contribution < -0.4 is 5.32 Å². The number of methoxy groups -OCH3 is 1. The Bertz CT molecular complexity index is 1050. The summed E-state index contributed by atoms with van der Waals surface area (Å²) in [7, 11) is 1.75. The Kier molecular flexibility index (Phi) is 10.3. The van der Waals surface area contributed by atoms with Gasteiger partial charge in [-0.2, -0.15) is 0 Å². The molecule has 2 fully saturated rings. The molecule has 7 nitrogen and oxygen atoms in total. The number of amides is 1. The molecule has 0 bridgehead atoms. The Morgan fingerprint density at radius 3 is 2.37 bits per heavy atom. The van der Waals surface area contributed by atoms with Gasteiger partial charge in [0, 0.05) is 37.7 Å². The second kappa shape index (κ2) is 13.3. The van der Waals surface area contributed by atoms with Gasteiger partial charge >= 0.3 is 0 Å². The van der Waals surface area contributed by atoms with E-state index in [-0.39, 0.29) is 31.3 Å². The Labute approximate surface area is 239 Å². The van der Waals surface area contributed by atoms with Gasteiger partial charge in [0.2, 0.25) is 0 Å². The van der Waals surface area contributed by atoms with Gasteiger partial charge in [-0.15, -0.1) is 0 Å². The maximum absolute atomic E-state index is 11.9. The number of carbonyl (C=O) groups is 1. The quantitative estimate of drug-likeness (QED) is 0.400. The molecule has 2 aliphatic rings. The molecule has 2 saturated heterocycles. The van der Waals surface area contributed by atoms with E-state index in [0.717, 1.165) is 48.2 Å². The van der Waals surface area contributed by atoms with Crippen LogP contribution >= 0.6 is 34.8 Å². The first-order valence-electron chi connectivity index (χ1n) is 12.9. The molecule has 2 aliphatic heterocycles. The van der Waals surface area contributed by atoms with Crippen molar-refractivity contribution in [2.75, 3.05) is 26.8 Å². The highest BCUT2D eigenvalue weighted by Gasteiger charge is 2.40. The lowest BCUT2D eigenvalue weighted by Crippen LogP contribution is -2.46. The molecule has 0 aliphatic carbocycles. The van der Waals surface area contributed by atoms with Crippen LogP contribution in [-0.4, -0.2) is 58.7 Å². The number of aliphatic hydroxyl groups is 1. The molecule has 2 aromatic carbocycles. The van der Waals surface area contributed by atoms with Crippen molar-refractivity contribution >= 4 is 40.7 Å². The van der Waals surface area contributed by atoms with E-state index >= 15 is 0 Å². The van der Waals surface area contributed by atoms with E-state index in [1.54, 1.807) is 7.11 Å². The minimum Gasteiger partial charge on any atom is -0.392 e. The van der Waals surface area contributed by atoms with E-state index in [9.17, 15) is 9.90 Å². The van der Waals surface area contributed by atoms with Gasteiger partial charge in [-0.05, 0) is 36.1 Å². The monoisotopic (exact) mass is 584 g/mol. The molecule has 0 radical (unpaired) electrons. The number of alkyl halides is 3. The molecule has 0 unspecified atom stereocenters. The van der Waals surface area contributed by atoms with Gasteiger partial charge in [-0.1, -0.05) is 90.3 Å². The average Bonchev–Trinajstić information content (AvgIpc) is 3.35. The summed E-state index contributed by atoms with van der Waals surface area (Å²) in [6, 6.07) is 16.0. The summed E-state index contributed by atoms with van der Waals surface area (Å²) in [6.07, 6.45) is 1.47. The number of benzene rings is 2. The van der Waals surface area contributed by atoms with Crippen LogP contribution in [0.5, 0.6) is 0 Å². The fourth-order valence-corrected chi connectivity index (χ4v) is 5.35. The van der Waals surface area contributed by atoms with E-state index in [0.29, 0.717) is 12.6 Å². The average molecular weight is 586 g/mol. The van der Waals surface area contributed by atoms with Crippen LogP contribution in [0.4, 0.5) is 0 Å². The van der Waals surface area contributed by atoms with Crippen LogP contribution in [0.25, 0.3) is 0 Å². The predicted molar refractivity (Wildman–Crippen MR) is 148 cm³/mol.